The first kappa shape index (κ1) is 13.9. The van der Waals surface area contributed by atoms with Crippen LogP contribution in [0.15, 0.2) is 23.1 Å². The average Bonchev–Trinajstić information content (AvgIpc) is 2.20. The summed E-state index contributed by atoms with van der Waals surface area (Å²) in [7, 11) is -3.83. The van der Waals surface area contributed by atoms with Gasteiger partial charge in [-0.1, -0.05) is 0 Å². The second kappa shape index (κ2) is 4.59. The van der Waals surface area contributed by atoms with Crippen molar-refractivity contribution in [2.45, 2.75) is 24.3 Å². The van der Waals surface area contributed by atoms with Gasteiger partial charge in [0.05, 0.1) is 22.7 Å². The Balaban J connectivity index is 3.10. The monoisotopic (exact) mass is 262 g/mol. The molecule has 0 aliphatic rings. The van der Waals surface area contributed by atoms with Crippen LogP contribution < -0.4 is 10.5 Å². The standard InChI is InChI=1S/C10H15FN2O3S/c1-10(2,6-14)13-17(15,16)7-3-4-8(11)9(12)5-7/h3-5,13-14H,6,12H2,1-2H3. The Hall–Kier alpha value is -1.18. The molecule has 0 saturated heterocycles. The van der Waals surface area contributed by atoms with Crippen molar-refractivity contribution in [2.24, 2.45) is 0 Å². The predicted octanol–water partition coefficient (Wildman–Crippen LogP) is 0.457. The third kappa shape index (κ3) is 3.39. The van der Waals surface area contributed by atoms with Gasteiger partial charge in [-0.2, -0.15) is 0 Å². The van der Waals surface area contributed by atoms with Crippen molar-refractivity contribution in [3.05, 3.63) is 24.0 Å². The van der Waals surface area contributed by atoms with Crippen molar-refractivity contribution in [2.75, 3.05) is 12.3 Å². The molecule has 0 saturated carbocycles. The van der Waals surface area contributed by atoms with E-state index in [9.17, 15) is 12.8 Å². The Bertz CT molecular complexity index is 514. The Labute approximate surface area is 99.5 Å². The van der Waals surface area contributed by atoms with Crippen LogP contribution in [-0.4, -0.2) is 25.7 Å². The lowest BCUT2D eigenvalue weighted by Gasteiger charge is -2.23. The molecule has 0 bridgehead atoms. The highest BCUT2D eigenvalue weighted by Gasteiger charge is 2.25. The van der Waals surface area contributed by atoms with Crippen molar-refractivity contribution >= 4 is 15.7 Å². The molecule has 0 radical (unpaired) electrons. The molecular formula is C10H15FN2O3S. The van der Waals surface area contributed by atoms with E-state index < -0.39 is 21.4 Å². The van der Waals surface area contributed by atoms with Crippen LogP contribution in [0.4, 0.5) is 10.1 Å². The summed E-state index contributed by atoms with van der Waals surface area (Å²) >= 11 is 0. The van der Waals surface area contributed by atoms with Crippen LogP contribution in [-0.2, 0) is 10.0 Å². The van der Waals surface area contributed by atoms with Gasteiger partial charge in [0.25, 0.3) is 0 Å². The van der Waals surface area contributed by atoms with Gasteiger partial charge in [0.1, 0.15) is 5.82 Å². The number of nitrogens with two attached hydrogens (primary N) is 1. The topological polar surface area (TPSA) is 92.4 Å². The molecule has 0 atom stereocenters. The zero-order valence-electron chi connectivity index (χ0n) is 9.57. The van der Waals surface area contributed by atoms with Crippen molar-refractivity contribution in [1.29, 1.82) is 0 Å². The first-order valence-corrected chi connectivity index (χ1v) is 6.36. The Morgan fingerprint density at radius 2 is 2.06 bits per heavy atom. The summed E-state index contributed by atoms with van der Waals surface area (Å²) in [5.74, 6) is -0.676. The SMILES string of the molecule is CC(C)(CO)NS(=O)(=O)c1ccc(F)c(N)c1. The second-order valence-corrected chi connectivity index (χ2v) is 6.01. The summed E-state index contributed by atoms with van der Waals surface area (Å²) in [4.78, 5) is -0.141. The van der Waals surface area contributed by atoms with Crippen molar-refractivity contribution in [3.63, 3.8) is 0 Å². The van der Waals surface area contributed by atoms with Crippen molar-refractivity contribution in [1.82, 2.24) is 4.72 Å². The minimum Gasteiger partial charge on any atom is -0.396 e. The molecule has 1 aromatic rings. The van der Waals surface area contributed by atoms with Gasteiger partial charge in [-0.05, 0) is 32.0 Å². The molecule has 0 unspecified atom stereocenters. The van der Waals surface area contributed by atoms with Gasteiger partial charge >= 0.3 is 0 Å². The maximum atomic E-state index is 12.9. The molecule has 0 heterocycles. The molecule has 4 N–H and O–H groups in total. The van der Waals surface area contributed by atoms with E-state index in [1.54, 1.807) is 0 Å². The molecule has 0 amide bonds. The summed E-state index contributed by atoms with van der Waals surface area (Å²) in [5, 5.41) is 8.99. The van der Waals surface area contributed by atoms with Gasteiger partial charge in [0, 0.05) is 0 Å². The van der Waals surface area contributed by atoms with Gasteiger partial charge in [-0.3, -0.25) is 0 Å². The van der Waals surface area contributed by atoms with Crippen LogP contribution >= 0.6 is 0 Å². The largest absolute Gasteiger partial charge is 0.396 e. The van der Waals surface area contributed by atoms with Crippen LogP contribution in [0.25, 0.3) is 0 Å². The van der Waals surface area contributed by atoms with E-state index in [1.165, 1.54) is 13.8 Å². The highest BCUT2D eigenvalue weighted by Crippen LogP contribution is 2.18. The molecular weight excluding hydrogens is 247 g/mol. The van der Waals surface area contributed by atoms with Crippen molar-refractivity contribution < 1.29 is 17.9 Å². The van der Waals surface area contributed by atoms with Crippen LogP contribution in [0.5, 0.6) is 0 Å². The number of hydrogen-bond donors (Lipinski definition) is 3. The van der Waals surface area contributed by atoms with Gasteiger partial charge in [-0.25, -0.2) is 17.5 Å². The highest BCUT2D eigenvalue weighted by atomic mass is 32.2. The summed E-state index contributed by atoms with van der Waals surface area (Å²) in [5.41, 5.74) is 4.06. The van der Waals surface area contributed by atoms with E-state index in [-0.39, 0.29) is 17.2 Å². The third-order valence-electron chi connectivity index (χ3n) is 2.08. The number of anilines is 1. The van der Waals surface area contributed by atoms with E-state index >= 15 is 0 Å². The number of sulfonamides is 1. The molecule has 0 aliphatic carbocycles. The number of halogens is 1. The fourth-order valence-corrected chi connectivity index (χ4v) is 2.58. The molecule has 17 heavy (non-hydrogen) atoms. The molecule has 0 spiro atoms. The maximum absolute atomic E-state index is 12.9. The van der Waals surface area contributed by atoms with E-state index in [4.69, 9.17) is 10.8 Å². The minimum atomic E-state index is -3.83. The molecule has 0 aromatic heterocycles. The lowest BCUT2D eigenvalue weighted by Crippen LogP contribution is -2.46. The quantitative estimate of drug-likeness (QED) is 0.687. The maximum Gasteiger partial charge on any atom is 0.241 e. The van der Waals surface area contributed by atoms with Gasteiger partial charge < -0.3 is 10.8 Å². The smallest absolute Gasteiger partial charge is 0.241 e. The number of aliphatic hydroxyl groups is 1. The zero-order valence-corrected chi connectivity index (χ0v) is 10.4. The normalized spacial score (nSPS) is 12.7. The lowest BCUT2D eigenvalue weighted by atomic mass is 10.1. The number of benzene rings is 1. The summed E-state index contributed by atoms with van der Waals surface area (Å²) < 4.78 is 38.9. The fraction of sp³-hybridized carbons (Fsp3) is 0.400. The summed E-state index contributed by atoms with van der Waals surface area (Å²) in [6.07, 6.45) is 0. The van der Waals surface area contributed by atoms with Crippen LogP contribution in [0.1, 0.15) is 13.8 Å². The number of hydrogen-bond acceptors (Lipinski definition) is 4. The fourth-order valence-electron chi connectivity index (χ4n) is 1.14. The average molecular weight is 262 g/mol. The van der Waals surface area contributed by atoms with Gasteiger partial charge in [-0.15, -0.1) is 0 Å². The molecule has 5 nitrogen and oxygen atoms in total. The van der Waals surface area contributed by atoms with Crippen LogP contribution in [0.3, 0.4) is 0 Å². The number of nitrogen functional groups attached to an aromatic ring is 1. The Morgan fingerprint density at radius 1 is 1.47 bits per heavy atom. The first-order valence-electron chi connectivity index (χ1n) is 4.88. The lowest BCUT2D eigenvalue weighted by molar-refractivity contribution is 0.208. The minimum absolute atomic E-state index is 0.141. The number of rotatable bonds is 4. The second-order valence-electron chi connectivity index (χ2n) is 4.33. The zero-order chi connectivity index (χ0) is 13.3. The molecule has 0 fully saturated rings. The van der Waals surface area contributed by atoms with Gasteiger partial charge in [0.2, 0.25) is 10.0 Å². The third-order valence-corrected chi connectivity index (χ3v) is 3.78. The molecule has 7 heteroatoms. The van der Waals surface area contributed by atoms with Crippen LogP contribution in [0, 0.1) is 5.82 Å². The number of nitrogens with one attached hydrogen (secondary N) is 1. The van der Waals surface area contributed by atoms with E-state index in [0.29, 0.717) is 0 Å². The molecule has 1 aromatic carbocycles. The predicted molar refractivity (Wildman–Crippen MR) is 62.3 cm³/mol. The highest BCUT2D eigenvalue weighted by molar-refractivity contribution is 7.89. The Kier molecular flexibility index (Phi) is 3.75. The molecule has 1 rings (SSSR count). The van der Waals surface area contributed by atoms with Crippen LogP contribution in [0.2, 0.25) is 0 Å². The summed E-state index contributed by atoms with van der Waals surface area (Å²) in [6.45, 7) is 2.69. The Morgan fingerprint density at radius 3 is 2.53 bits per heavy atom. The molecule has 96 valence electrons. The number of aliphatic hydroxyl groups excluding tert-OH is 1. The van der Waals surface area contributed by atoms with E-state index in [2.05, 4.69) is 4.72 Å². The molecule has 0 aliphatic heterocycles. The van der Waals surface area contributed by atoms with E-state index in [1.807, 2.05) is 0 Å². The van der Waals surface area contributed by atoms with Crippen molar-refractivity contribution in [3.8, 4) is 0 Å². The van der Waals surface area contributed by atoms with Gasteiger partial charge in [0.15, 0.2) is 0 Å². The first-order chi connectivity index (χ1) is 7.68. The summed E-state index contributed by atoms with van der Waals surface area (Å²) in [6, 6.07) is 3.13. The van der Waals surface area contributed by atoms with E-state index in [0.717, 1.165) is 18.2 Å².